The minimum atomic E-state index is -3.33. The second kappa shape index (κ2) is 6.16. The van der Waals surface area contributed by atoms with Crippen LogP contribution >= 0.6 is 0 Å². The quantitative estimate of drug-likeness (QED) is 0.858. The smallest absolute Gasteiger partial charge is 0.179 e. The Morgan fingerprint density at radius 2 is 1.65 bits per heavy atom. The molecule has 0 spiro atoms. The molecule has 23 heavy (non-hydrogen) atoms. The van der Waals surface area contributed by atoms with Gasteiger partial charge in [0.05, 0.1) is 5.69 Å². The molecule has 0 atom stereocenters. The zero-order chi connectivity index (χ0) is 16.4. The number of sulfone groups is 1. The molecule has 1 aliphatic rings. The van der Waals surface area contributed by atoms with Gasteiger partial charge < -0.3 is 9.80 Å². The fourth-order valence-corrected chi connectivity index (χ4v) is 3.62. The van der Waals surface area contributed by atoms with Gasteiger partial charge in [-0.3, -0.25) is 0 Å². The van der Waals surface area contributed by atoms with Crippen LogP contribution in [0.15, 0.2) is 47.5 Å². The number of anilines is 2. The fraction of sp³-hybridized carbons (Fsp3) is 0.312. The molecule has 1 fully saturated rings. The van der Waals surface area contributed by atoms with Gasteiger partial charge in [-0.05, 0) is 24.3 Å². The first-order valence-corrected chi connectivity index (χ1v) is 9.25. The number of nitrogens with zero attached hydrogens (tertiary/aromatic N) is 3. The molecule has 0 radical (unpaired) electrons. The van der Waals surface area contributed by atoms with Crippen LogP contribution in [0.2, 0.25) is 0 Å². The number of hydrogen-bond donors (Lipinski definition) is 0. The molecule has 2 aromatic rings. The van der Waals surface area contributed by atoms with Gasteiger partial charge in [-0.15, -0.1) is 0 Å². The molecule has 0 saturated carbocycles. The molecule has 0 N–H and O–H groups in total. The maximum Gasteiger partial charge on any atom is 0.179 e. The van der Waals surface area contributed by atoms with Crippen molar-refractivity contribution in [1.29, 1.82) is 0 Å². The maximum absolute atomic E-state index is 13.9. The Balaban J connectivity index is 1.79. The van der Waals surface area contributed by atoms with Gasteiger partial charge in [-0.1, -0.05) is 12.1 Å². The number of para-hydroxylation sites is 1. The Morgan fingerprint density at radius 1 is 1.00 bits per heavy atom. The van der Waals surface area contributed by atoms with Gasteiger partial charge >= 0.3 is 0 Å². The Kier molecular flexibility index (Phi) is 4.21. The van der Waals surface area contributed by atoms with Crippen LogP contribution in [0.5, 0.6) is 0 Å². The molecule has 0 amide bonds. The molecule has 5 nitrogen and oxygen atoms in total. The van der Waals surface area contributed by atoms with Crippen LogP contribution in [0.4, 0.5) is 15.9 Å². The Bertz CT molecular complexity index is 802. The summed E-state index contributed by atoms with van der Waals surface area (Å²) in [6, 6.07) is 9.87. The summed E-state index contributed by atoms with van der Waals surface area (Å²) in [5, 5.41) is 0. The minimum Gasteiger partial charge on any atom is -0.366 e. The molecule has 1 saturated heterocycles. The van der Waals surface area contributed by atoms with Crippen molar-refractivity contribution in [3.05, 3.63) is 48.4 Å². The van der Waals surface area contributed by atoms with Crippen LogP contribution in [0, 0.1) is 5.82 Å². The molecule has 2 heterocycles. The summed E-state index contributed by atoms with van der Waals surface area (Å²) < 4.78 is 37.7. The van der Waals surface area contributed by atoms with Gasteiger partial charge in [0, 0.05) is 38.6 Å². The third kappa shape index (κ3) is 3.29. The SMILES string of the molecule is CS(=O)(=O)c1cccnc1N1CCN(c2ccccc2F)CC1. The van der Waals surface area contributed by atoms with Gasteiger partial charge in [0.15, 0.2) is 9.84 Å². The van der Waals surface area contributed by atoms with Gasteiger partial charge in [-0.2, -0.15) is 0 Å². The lowest BCUT2D eigenvalue weighted by Crippen LogP contribution is -2.47. The van der Waals surface area contributed by atoms with Crippen molar-refractivity contribution in [2.45, 2.75) is 4.90 Å². The van der Waals surface area contributed by atoms with Crippen LogP contribution in [-0.2, 0) is 9.84 Å². The predicted molar refractivity (Wildman–Crippen MR) is 88.2 cm³/mol. The van der Waals surface area contributed by atoms with E-state index in [-0.39, 0.29) is 10.7 Å². The van der Waals surface area contributed by atoms with Crippen molar-refractivity contribution in [2.75, 3.05) is 42.2 Å². The van der Waals surface area contributed by atoms with E-state index in [9.17, 15) is 12.8 Å². The molecular formula is C16H18FN3O2S. The van der Waals surface area contributed by atoms with E-state index in [2.05, 4.69) is 4.98 Å². The number of halogens is 1. The summed E-state index contributed by atoms with van der Waals surface area (Å²) in [6.07, 6.45) is 2.77. The Morgan fingerprint density at radius 3 is 2.30 bits per heavy atom. The third-order valence-electron chi connectivity index (χ3n) is 3.92. The number of benzene rings is 1. The normalized spacial score (nSPS) is 15.7. The highest BCUT2D eigenvalue weighted by Crippen LogP contribution is 2.25. The predicted octanol–water partition coefficient (Wildman–Crippen LogP) is 1.95. The number of hydrogen-bond acceptors (Lipinski definition) is 5. The topological polar surface area (TPSA) is 53.5 Å². The van der Waals surface area contributed by atoms with E-state index < -0.39 is 9.84 Å². The first kappa shape index (κ1) is 15.7. The summed E-state index contributed by atoms with van der Waals surface area (Å²) in [5.74, 6) is 0.235. The second-order valence-electron chi connectivity index (χ2n) is 5.52. The standard InChI is InChI=1S/C16H18FN3O2S/c1-23(21,22)15-7-4-8-18-16(15)20-11-9-19(10-12-20)14-6-3-2-5-13(14)17/h2-8H,9-12H2,1H3. The maximum atomic E-state index is 13.9. The molecule has 7 heteroatoms. The molecule has 0 bridgehead atoms. The van der Waals surface area contributed by atoms with E-state index in [0.717, 1.165) is 0 Å². The average molecular weight is 335 g/mol. The zero-order valence-corrected chi connectivity index (χ0v) is 13.6. The van der Waals surface area contributed by atoms with E-state index in [0.29, 0.717) is 37.7 Å². The third-order valence-corrected chi connectivity index (χ3v) is 5.04. The van der Waals surface area contributed by atoms with Gasteiger partial charge in [0.2, 0.25) is 0 Å². The van der Waals surface area contributed by atoms with Crippen LogP contribution < -0.4 is 9.80 Å². The van der Waals surface area contributed by atoms with E-state index in [4.69, 9.17) is 0 Å². The number of pyridine rings is 1. The second-order valence-corrected chi connectivity index (χ2v) is 7.51. The highest BCUT2D eigenvalue weighted by molar-refractivity contribution is 7.90. The lowest BCUT2D eigenvalue weighted by Gasteiger charge is -2.37. The summed E-state index contributed by atoms with van der Waals surface area (Å²) >= 11 is 0. The Labute approximate surface area is 135 Å². The molecule has 3 rings (SSSR count). The van der Waals surface area contributed by atoms with E-state index in [1.54, 1.807) is 30.5 Å². The largest absolute Gasteiger partial charge is 0.366 e. The first-order valence-electron chi connectivity index (χ1n) is 7.36. The molecular weight excluding hydrogens is 317 g/mol. The summed E-state index contributed by atoms with van der Waals surface area (Å²) in [6.45, 7) is 2.41. The fourth-order valence-electron chi connectivity index (χ4n) is 2.78. The molecule has 0 unspecified atom stereocenters. The van der Waals surface area contributed by atoms with Crippen LogP contribution in [0.25, 0.3) is 0 Å². The van der Waals surface area contributed by atoms with Gasteiger partial charge in [0.1, 0.15) is 16.5 Å². The number of piperazine rings is 1. The van der Waals surface area contributed by atoms with E-state index >= 15 is 0 Å². The lowest BCUT2D eigenvalue weighted by atomic mass is 10.2. The first-order chi connectivity index (χ1) is 11.0. The highest BCUT2D eigenvalue weighted by Gasteiger charge is 2.24. The van der Waals surface area contributed by atoms with Crippen molar-refractivity contribution in [2.24, 2.45) is 0 Å². The van der Waals surface area contributed by atoms with Crippen molar-refractivity contribution >= 4 is 21.3 Å². The number of rotatable bonds is 3. The van der Waals surface area contributed by atoms with Crippen molar-refractivity contribution < 1.29 is 12.8 Å². The van der Waals surface area contributed by atoms with Gasteiger partial charge in [0.25, 0.3) is 0 Å². The van der Waals surface area contributed by atoms with E-state index in [1.807, 2.05) is 15.9 Å². The van der Waals surface area contributed by atoms with Crippen molar-refractivity contribution in [1.82, 2.24) is 4.98 Å². The average Bonchev–Trinajstić information content (AvgIpc) is 2.55. The summed E-state index contributed by atoms with van der Waals surface area (Å²) in [5.41, 5.74) is 0.580. The lowest BCUT2D eigenvalue weighted by molar-refractivity contribution is 0.590. The van der Waals surface area contributed by atoms with E-state index in [1.165, 1.54) is 12.3 Å². The van der Waals surface area contributed by atoms with Gasteiger partial charge in [-0.25, -0.2) is 17.8 Å². The van der Waals surface area contributed by atoms with Crippen LogP contribution in [-0.4, -0.2) is 45.8 Å². The highest BCUT2D eigenvalue weighted by atomic mass is 32.2. The molecule has 122 valence electrons. The van der Waals surface area contributed by atoms with Crippen molar-refractivity contribution in [3.63, 3.8) is 0 Å². The summed E-state index contributed by atoms with van der Waals surface area (Å²) in [7, 11) is -3.33. The van der Waals surface area contributed by atoms with Crippen molar-refractivity contribution in [3.8, 4) is 0 Å². The minimum absolute atomic E-state index is 0.236. The molecule has 0 aliphatic carbocycles. The monoisotopic (exact) mass is 335 g/mol. The van der Waals surface area contributed by atoms with Crippen LogP contribution in [0.3, 0.4) is 0 Å². The Hall–Kier alpha value is -2.15. The zero-order valence-electron chi connectivity index (χ0n) is 12.8. The molecule has 1 aromatic carbocycles. The molecule has 1 aliphatic heterocycles. The number of aromatic nitrogens is 1. The molecule has 1 aromatic heterocycles. The summed E-state index contributed by atoms with van der Waals surface area (Å²) in [4.78, 5) is 8.38. The van der Waals surface area contributed by atoms with Crippen LogP contribution in [0.1, 0.15) is 0 Å².